The maximum absolute atomic E-state index is 13.1. The highest BCUT2D eigenvalue weighted by Gasteiger charge is 2.24. The van der Waals surface area contributed by atoms with Crippen molar-refractivity contribution in [3.63, 3.8) is 0 Å². The lowest BCUT2D eigenvalue weighted by Gasteiger charge is -2.17. The van der Waals surface area contributed by atoms with E-state index in [0.717, 1.165) is 41.3 Å². The van der Waals surface area contributed by atoms with Gasteiger partial charge in [0.25, 0.3) is 5.56 Å². The molecule has 0 radical (unpaired) electrons. The summed E-state index contributed by atoms with van der Waals surface area (Å²) in [5, 5.41) is 8.37. The molecule has 1 aliphatic heterocycles. The second kappa shape index (κ2) is 9.80. The molecule has 9 heteroatoms. The molecule has 6 nitrogen and oxygen atoms in total. The number of fused-ring (bicyclic) bond motifs is 1. The summed E-state index contributed by atoms with van der Waals surface area (Å²) < 4.78 is 1.56. The Morgan fingerprint density at radius 2 is 2.06 bits per heavy atom. The number of aromatic nitrogens is 2. The molecule has 1 N–H and O–H groups in total. The Labute approximate surface area is 204 Å². The van der Waals surface area contributed by atoms with Crippen molar-refractivity contribution in [3.8, 4) is 10.4 Å². The average molecular weight is 497 g/mol. The fourth-order valence-electron chi connectivity index (χ4n) is 4.13. The molecule has 1 saturated heterocycles. The Hall–Kier alpha value is -2.46. The van der Waals surface area contributed by atoms with Crippen molar-refractivity contribution in [2.45, 2.75) is 24.2 Å². The molecule has 1 amide bonds. The molecule has 0 spiro atoms. The first kappa shape index (κ1) is 22.3. The number of carbonyl (C=O) groups is 1. The highest BCUT2D eigenvalue weighted by atomic mass is 32.2. The number of thioether (sulfide) groups is 1. The summed E-state index contributed by atoms with van der Waals surface area (Å²) in [5.41, 5.74) is 2.16. The van der Waals surface area contributed by atoms with Crippen LogP contribution in [-0.2, 0) is 18.4 Å². The molecule has 1 aliphatic rings. The maximum Gasteiger partial charge on any atom is 0.263 e. The van der Waals surface area contributed by atoms with Crippen molar-refractivity contribution in [2.75, 3.05) is 18.8 Å². The van der Waals surface area contributed by atoms with E-state index < -0.39 is 0 Å². The van der Waals surface area contributed by atoms with Gasteiger partial charge in [0.15, 0.2) is 5.16 Å². The van der Waals surface area contributed by atoms with E-state index in [1.165, 1.54) is 28.7 Å². The number of nitrogens with zero attached hydrogens (tertiary/aromatic N) is 3. The minimum atomic E-state index is -0.0695. The predicted octanol–water partition coefficient (Wildman–Crippen LogP) is 4.21. The number of rotatable bonds is 7. The smallest absolute Gasteiger partial charge is 0.263 e. The van der Waals surface area contributed by atoms with Crippen LogP contribution in [-0.4, -0.2) is 45.2 Å². The van der Waals surface area contributed by atoms with Gasteiger partial charge in [-0.25, -0.2) is 4.98 Å². The lowest BCUT2D eigenvalue weighted by atomic mass is 10.2. The number of likely N-dealkylation sites (tertiary alicyclic amines) is 1. The summed E-state index contributed by atoms with van der Waals surface area (Å²) in [5.74, 6) is 0.218. The summed E-state index contributed by atoms with van der Waals surface area (Å²) in [6.07, 6.45) is 0.951. The number of hydrogen-bond donors (Lipinski definition) is 1. The van der Waals surface area contributed by atoms with E-state index in [4.69, 9.17) is 0 Å². The lowest BCUT2D eigenvalue weighted by molar-refractivity contribution is -0.119. The number of thiophene rings is 2. The van der Waals surface area contributed by atoms with Crippen molar-refractivity contribution < 1.29 is 4.79 Å². The molecule has 0 saturated carbocycles. The van der Waals surface area contributed by atoms with Gasteiger partial charge in [-0.15, -0.1) is 22.7 Å². The normalized spacial score (nSPS) is 16.5. The van der Waals surface area contributed by atoms with Crippen molar-refractivity contribution in [3.05, 3.63) is 69.1 Å². The topological polar surface area (TPSA) is 67.2 Å². The monoisotopic (exact) mass is 496 g/mol. The number of benzene rings is 1. The first-order valence-corrected chi connectivity index (χ1v) is 13.5. The Bertz CT molecular complexity index is 1310. The maximum atomic E-state index is 13.1. The van der Waals surface area contributed by atoms with Crippen LogP contribution in [0, 0.1) is 0 Å². The van der Waals surface area contributed by atoms with E-state index >= 15 is 0 Å². The van der Waals surface area contributed by atoms with Gasteiger partial charge in [-0.05, 0) is 23.4 Å². The van der Waals surface area contributed by atoms with Crippen LogP contribution in [0.3, 0.4) is 0 Å². The molecule has 3 aromatic heterocycles. The van der Waals surface area contributed by atoms with Crippen molar-refractivity contribution >= 4 is 50.6 Å². The quantitative estimate of drug-likeness (QED) is 0.307. The summed E-state index contributed by atoms with van der Waals surface area (Å²) >= 11 is 4.40. The fraction of sp³-hybridized carbons (Fsp3) is 0.292. The minimum Gasteiger partial charge on any atom is -0.351 e. The van der Waals surface area contributed by atoms with Crippen LogP contribution < -0.4 is 10.9 Å². The molecule has 4 heterocycles. The fourth-order valence-corrected chi connectivity index (χ4v) is 6.72. The first-order chi connectivity index (χ1) is 16.1. The third kappa shape index (κ3) is 4.91. The van der Waals surface area contributed by atoms with Crippen LogP contribution in [0.25, 0.3) is 20.7 Å². The zero-order valence-corrected chi connectivity index (χ0v) is 20.6. The van der Waals surface area contributed by atoms with E-state index in [1.54, 1.807) is 23.0 Å². The van der Waals surface area contributed by atoms with E-state index in [2.05, 4.69) is 39.5 Å². The highest BCUT2D eigenvalue weighted by Crippen LogP contribution is 2.34. The number of hydrogen-bond acceptors (Lipinski definition) is 7. The van der Waals surface area contributed by atoms with E-state index in [-0.39, 0.29) is 23.3 Å². The van der Waals surface area contributed by atoms with Crippen molar-refractivity contribution in [1.29, 1.82) is 0 Å². The Balaban J connectivity index is 1.20. The third-order valence-electron chi connectivity index (χ3n) is 5.78. The van der Waals surface area contributed by atoms with Gasteiger partial charge in [0.2, 0.25) is 5.91 Å². The second-order valence-electron chi connectivity index (χ2n) is 8.13. The molecule has 1 aromatic carbocycles. The zero-order chi connectivity index (χ0) is 22.8. The minimum absolute atomic E-state index is 0.0219. The lowest BCUT2D eigenvalue weighted by Crippen LogP contribution is -2.38. The summed E-state index contributed by atoms with van der Waals surface area (Å²) in [4.78, 5) is 34.5. The van der Waals surface area contributed by atoms with Crippen LogP contribution in [0.15, 0.2) is 63.2 Å². The van der Waals surface area contributed by atoms with Gasteiger partial charge in [-0.1, -0.05) is 48.2 Å². The Morgan fingerprint density at radius 3 is 2.85 bits per heavy atom. The van der Waals surface area contributed by atoms with Gasteiger partial charge in [0, 0.05) is 48.5 Å². The van der Waals surface area contributed by atoms with Crippen LogP contribution >= 0.6 is 34.4 Å². The van der Waals surface area contributed by atoms with Gasteiger partial charge in [0.1, 0.15) is 4.83 Å². The molecule has 1 atom stereocenters. The molecule has 0 bridgehead atoms. The van der Waals surface area contributed by atoms with Crippen molar-refractivity contribution in [2.24, 2.45) is 7.05 Å². The van der Waals surface area contributed by atoms with Crippen LogP contribution in [0.2, 0.25) is 0 Å². The first-order valence-electron chi connectivity index (χ1n) is 10.8. The molecule has 0 aliphatic carbocycles. The average Bonchev–Trinajstić information content (AvgIpc) is 3.57. The molecule has 170 valence electrons. The highest BCUT2D eigenvalue weighted by molar-refractivity contribution is 7.99. The largest absolute Gasteiger partial charge is 0.351 e. The van der Waals surface area contributed by atoms with Crippen molar-refractivity contribution in [1.82, 2.24) is 19.8 Å². The zero-order valence-electron chi connectivity index (χ0n) is 18.2. The molecule has 5 rings (SSSR count). The molecule has 1 fully saturated rings. The van der Waals surface area contributed by atoms with E-state index in [0.29, 0.717) is 10.5 Å². The molecule has 0 unspecified atom stereocenters. The Morgan fingerprint density at radius 1 is 1.21 bits per heavy atom. The molecular weight excluding hydrogens is 472 g/mol. The summed E-state index contributed by atoms with van der Waals surface area (Å²) in [7, 11) is 1.73. The van der Waals surface area contributed by atoms with Gasteiger partial charge < -0.3 is 5.32 Å². The second-order valence-corrected chi connectivity index (χ2v) is 10.9. The standard InChI is InChI=1S/C24H24N4O2S3/c1-27-23(30)21-18(19-8-5-11-31-19)14-32-22(21)26-24(27)33-15-20(29)25-17-9-10-28(13-17)12-16-6-3-2-4-7-16/h2-8,11,14,17H,9-10,12-13,15H2,1H3,(H,25,29)/t17-/m0/s1. The van der Waals surface area contributed by atoms with Crippen LogP contribution in [0.4, 0.5) is 0 Å². The van der Waals surface area contributed by atoms with E-state index in [9.17, 15) is 9.59 Å². The van der Waals surface area contributed by atoms with Crippen LogP contribution in [0.1, 0.15) is 12.0 Å². The summed E-state index contributed by atoms with van der Waals surface area (Å²) in [6.45, 7) is 2.74. The summed E-state index contributed by atoms with van der Waals surface area (Å²) in [6, 6.07) is 14.6. The predicted molar refractivity (Wildman–Crippen MR) is 137 cm³/mol. The van der Waals surface area contributed by atoms with Crippen LogP contribution in [0.5, 0.6) is 0 Å². The molecule has 4 aromatic rings. The van der Waals surface area contributed by atoms with Gasteiger partial charge >= 0.3 is 0 Å². The van der Waals surface area contributed by atoms with Gasteiger partial charge in [-0.3, -0.25) is 19.1 Å². The van der Waals surface area contributed by atoms with Gasteiger partial charge in [-0.2, -0.15) is 0 Å². The number of nitrogens with one attached hydrogen (secondary N) is 1. The van der Waals surface area contributed by atoms with E-state index in [1.807, 2.05) is 29.0 Å². The number of carbonyl (C=O) groups excluding carboxylic acids is 1. The number of amides is 1. The third-order valence-corrected chi connectivity index (χ3v) is 8.58. The Kier molecular flexibility index (Phi) is 6.64. The molecular formula is C24H24N4O2S3. The van der Waals surface area contributed by atoms with Gasteiger partial charge in [0.05, 0.1) is 11.1 Å². The molecule has 33 heavy (non-hydrogen) atoms. The SMILES string of the molecule is Cn1c(SCC(=O)N[C@H]2CCN(Cc3ccccc3)C2)nc2scc(-c3cccs3)c2c1=O.